The number of hydrogen-bond donors (Lipinski definition) is 1. The summed E-state index contributed by atoms with van der Waals surface area (Å²) >= 11 is 0. The molecular formula is C19H28N2O3. The molecule has 2 fully saturated rings. The Bertz CT molecular complexity index is 616. The number of carbonyl (C=O) groups is 1. The summed E-state index contributed by atoms with van der Waals surface area (Å²) < 4.78 is 11.5. The van der Waals surface area contributed by atoms with E-state index in [0.717, 1.165) is 42.9 Å². The van der Waals surface area contributed by atoms with Gasteiger partial charge in [-0.05, 0) is 52.2 Å². The molecule has 1 spiro atoms. The van der Waals surface area contributed by atoms with Crippen LogP contribution in [0, 0.1) is 6.92 Å². The van der Waals surface area contributed by atoms with Gasteiger partial charge in [-0.25, -0.2) is 4.79 Å². The van der Waals surface area contributed by atoms with E-state index in [1.54, 1.807) is 0 Å². The Morgan fingerprint density at radius 1 is 1.38 bits per heavy atom. The van der Waals surface area contributed by atoms with Gasteiger partial charge in [0.1, 0.15) is 11.4 Å². The van der Waals surface area contributed by atoms with Gasteiger partial charge in [-0.15, -0.1) is 0 Å². The molecule has 2 heterocycles. The van der Waals surface area contributed by atoms with Crippen LogP contribution in [0.25, 0.3) is 0 Å². The zero-order valence-corrected chi connectivity index (χ0v) is 15.1. The molecule has 1 N–H and O–H groups in total. The van der Waals surface area contributed by atoms with Gasteiger partial charge in [0.2, 0.25) is 0 Å². The summed E-state index contributed by atoms with van der Waals surface area (Å²) in [5.74, 6) is 0.838. The fraction of sp³-hybridized carbons (Fsp3) is 0.632. The summed E-state index contributed by atoms with van der Waals surface area (Å²) in [6, 6.07) is 6.10. The molecule has 2 amide bonds. The second-order valence-corrected chi connectivity index (χ2v) is 7.91. The van der Waals surface area contributed by atoms with Crippen molar-refractivity contribution in [1.29, 1.82) is 0 Å². The molecular weight excluding hydrogens is 304 g/mol. The number of aryl methyl sites for hydroxylation is 1. The minimum Gasteiger partial charge on any atom is -0.488 e. The highest BCUT2D eigenvalue weighted by atomic mass is 16.5. The molecule has 132 valence electrons. The Morgan fingerprint density at radius 3 is 2.75 bits per heavy atom. The Morgan fingerprint density at radius 2 is 2.17 bits per heavy atom. The lowest BCUT2D eigenvalue weighted by Crippen LogP contribution is -2.64. The molecule has 0 aliphatic carbocycles. The number of rotatable bonds is 3. The highest BCUT2D eigenvalue weighted by Gasteiger charge is 2.49. The monoisotopic (exact) mass is 332 g/mol. The molecule has 3 rings (SSSR count). The zero-order chi connectivity index (χ0) is 17.4. The van der Waals surface area contributed by atoms with Crippen LogP contribution < -0.4 is 10.1 Å². The molecule has 2 saturated heterocycles. The van der Waals surface area contributed by atoms with E-state index in [-0.39, 0.29) is 17.2 Å². The van der Waals surface area contributed by atoms with E-state index in [1.165, 1.54) is 0 Å². The first-order chi connectivity index (χ1) is 11.3. The van der Waals surface area contributed by atoms with Crippen LogP contribution in [-0.4, -0.2) is 41.8 Å². The first-order valence-electron chi connectivity index (χ1n) is 8.71. The Labute approximate surface area is 144 Å². The van der Waals surface area contributed by atoms with Gasteiger partial charge in [0.05, 0.1) is 12.1 Å². The second kappa shape index (κ2) is 6.28. The Kier molecular flexibility index (Phi) is 4.47. The molecule has 1 aromatic carbocycles. The summed E-state index contributed by atoms with van der Waals surface area (Å²) in [7, 11) is 0. The maximum absolute atomic E-state index is 12.5. The average molecular weight is 332 g/mol. The summed E-state index contributed by atoms with van der Waals surface area (Å²) in [6.07, 6.45) is 1.99. The van der Waals surface area contributed by atoms with Gasteiger partial charge in [-0.2, -0.15) is 0 Å². The number of amides is 2. The van der Waals surface area contributed by atoms with E-state index in [0.29, 0.717) is 13.2 Å². The number of likely N-dealkylation sites (tertiary alicyclic amines) is 1. The van der Waals surface area contributed by atoms with E-state index in [9.17, 15) is 4.79 Å². The normalized spacial score (nSPS) is 23.2. The number of nitrogens with one attached hydrogen (secondary N) is 1. The van der Waals surface area contributed by atoms with Gasteiger partial charge in [-0.1, -0.05) is 12.1 Å². The van der Waals surface area contributed by atoms with Crippen molar-refractivity contribution >= 4 is 6.03 Å². The number of ether oxygens (including phenoxy) is 2. The van der Waals surface area contributed by atoms with Crippen molar-refractivity contribution in [1.82, 2.24) is 10.2 Å². The van der Waals surface area contributed by atoms with Crippen molar-refractivity contribution in [2.45, 2.75) is 58.2 Å². The van der Waals surface area contributed by atoms with E-state index < -0.39 is 0 Å². The van der Waals surface area contributed by atoms with Crippen LogP contribution in [0.3, 0.4) is 0 Å². The number of urea groups is 1. The lowest BCUT2D eigenvalue weighted by molar-refractivity contribution is 0.0141. The van der Waals surface area contributed by atoms with Crippen LogP contribution in [0.5, 0.6) is 5.75 Å². The topological polar surface area (TPSA) is 50.8 Å². The molecule has 1 aromatic rings. The van der Waals surface area contributed by atoms with Crippen molar-refractivity contribution in [2.75, 3.05) is 19.8 Å². The lowest BCUT2D eigenvalue weighted by atomic mass is 9.84. The van der Waals surface area contributed by atoms with E-state index in [4.69, 9.17) is 9.47 Å². The third-order valence-corrected chi connectivity index (χ3v) is 4.77. The SMILES string of the molecule is Cc1ccc(CNC(=O)N2CCC23CCOC3)c(OC(C)(C)C)c1. The van der Waals surface area contributed by atoms with Gasteiger partial charge in [0.25, 0.3) is 0 Å². The van der Waals surface area contributed by atoms with Gasteiger partial charge in [0, 0.05) is 25.3 Å². The van der Waals surface area contributed by atoms with Crippen molar-refractivity contribution in [3.8, 4) is 5.75 Å². The predicted molar refractivity (Wildman–Crippen MR) is 93.3 cm³/mol. The van der Waals surface area contributed by atoms with Crippen LogP contribution in [0.2, 0.25) is 0 Å². The average Bonchev–Trinajstić information content (AvgIpc) is 2.95. The summed E-state index contributed by atoms with van der Waals surface area (Å²) in [6.45, 7) is 10.8. The smallest absolute Gasteiger partial charge is 0.318 e. The first-order valence-corrected chi connectivity index (χ1v) is 8.71. The van der Waals surface area contributed by atoms with Gasteiger partial charge in [-0.3, -0.25) is 0 Å². The van der Waals surface area contributed by atoms with Gasteiger partial charge < -0.3 is 19.7 Å². The van der Waals surface area contributed by atoms with Crippen LogP contribution >= 0.6 is 0 Å². The molecule has 0 radical (unpaired) electrons. The lowest BCUT2D eigenvalue weighted by Gasteiger charge is -2.49. The maximum atomic E-state index is 12.5. The number of nitrogens with zero attached hydrogens (tertiary/aromatic N) is 1. The quantitative estimate of drug-likeness (QED) is 0.924. The van der Waals surface area contributed by atoms with Crippen LogP contribution in [0.1, 0.15) is 44.7 Å². The minimum atomic E-state index is -0.269. The molecule has 0 bridgehead atoms. The fourth-order valence-corrected chi connectivity index (χ4v) is 3.36. The summed E-state index contributed by atoms with van der Waals surface area (Å²) in [5.41, 5.74) is 1.83. The molecule has 24 heavy (non-hydrogen) atoms. The van der Waals surface area contributed by atoms with E-state index >= 15 is 0 Å². The Balaban J connectivity index is 1.65. The largest absolute Gasteiger partial charge is 0.488 e. The highest BCUT2D eigenvalue weighted by Crippen LogP contribution is 2.37. The molecule has 1 unspecified atom stereocenters. The van der Waals surface area contributed by atoms with Crippen molar-refractivity contribution in [3.05, 3.63) is 29.3 Å². The highest BCUT2D eigenvalue weighted by molar-refractivity contribution is 5.76. The van der Waals surface area contributed by atoms with Gasteiger partial charge in [0.15, 0.2) is 0 Å². The molecule has 0 saturated carbocycles. The van der Waals surface area contributed by atoms with Crippen LogP contribution in [0.4, 0.5) is 4.79 Å². The third kappa shape index (κ3) is 3.51. The molecule has 2 aliphatic rings. The summed E-state index contributed by atoms with van der Waals surface area (Å²) in [5, 5.41) is 3.05. The van der Waals surface area contributed by atoms with Gasteiger partial charge >= 0.3 is 6.03 Å². The third-order valence-electron chi connectivity index (χ3n) is 4.77. The number of carbonyl (C=O) groups excluding carboxylic acids is 1. The molecule has 1 atom stereocenters. The number of hydrogen-bond acceptors (Lipinski definition) is 3. The predicted octanol–water partition coefficient (Wildman–Crippen LogP) is 3.25. The second-order valence-electron chi connectivity index (χ2n) is 7.91. The van der Waals surface area contributed by atoms with Crippen LogP contribution in [0.15, 0.2) is 18.2 Å². The zero-order valence-electron chi connectivity index (χ0n) is 15.1. The standard InChI is InChI=1S/C19H28N2O3/c1-14-5-6-15(16(11-14)24-18(2,3)4)12-20-17(22)21-9-7-19(21)8-10-23-13-19/h5-6,11H,7-10,12-13H2,1-4H3,(H,20,22). The molecule has 2 aliphatic heterocycles. The molecule has 5 nitrogen and oxygen atoms in total. The first kappa shape index (κ1) is 17.1. The molecule has 5 heteroatoms. The van der Waals surface area contributed by atoms with E-state index in [1.807, 2.05) is 50.8 Å². The Hall–Kier alpha value is -1.75. The van der Waals surface area contributed by atoms with Crippen molar-refractivity contribution in [2.24, 2.45) is 0 Å². The fourth-order valence-electron chi connectivity index (χ4n) is 3.36. The van der Waals surface area contributed by atoms with E-state index in [2.05, 4.69) is 5.32 Å². The minimum absolute atomic E-state index is 0.00552. The number of benzene rings is 1. The van der Waals surface area contributed by atoms with Crippen molar-refractivity contribution < 1.29 is 14.3 Å². The summed E-state index contributed by atoms with van der Waals surface area (Å²) in [4.78, 5) is 14.5. The van der Waals surface area contributed by atoms with Crippen LogP contribution in [-0.2, 0) is 11.3 Å². The van der Waals surface area contributed by atoms with Crippen molar-refractivity contribution in [3.63, 3.8) is 0 Å². The molecule has 0 aromatic heterocycles. The maximum Gasteiger partial charge on any atom is 0.318 e.